The smallest absolute Gasteiger partial charge is 0.231 e. The van der Waals surface area contributed by atoms with Gasteiger partial charge in [-0.2, -0.15) is 0 Å². The van der Waals surface area contributed by atoms with Crippen molar-refractivity contribution in [2.75, 3.05) is 33.0 Å². The summed E-state index contributed by atoms with van der Waals surface area (Å²) >= 11 is 0. The maximum atomic E-state index is 10.2. The number of ether oxygens (including phenoxy) is 2. The Bertz CT molecular complexity index is 755. The lowest BCUT2D eigenvalue weighted by Gasteiger charge is -2.34. The molecule has 2 aliphatic rings. The molecule has 0 unspecified atom stereocenters. The first kappa shape index (κ1) is 16.2. The van der Waals surface area contributed by atoms with E-state index in [0.717, 1.165) is 50.6 Å². The Hall–Kier alpha value is -2.24. The van der Waals surface area contributed by atoms with Crippen LogP contribution in [0.25, 0.3) is 0 Å². The number of piperazine rings is 1. The van der Waals surface area contributed by atoms with Crippen LogP contribution in [0.5, 0.6) is 17.2 Å². The Morgan fingerprint density at radius 3 is 2.32 bits per heavy atom. The molecule has 1 N–H and O–H groups in total. The second-order valence-electron chi connectivity index (χ2n) is 6.88. The maximum absolute atomic E-state index is 10.2. The molecule has 132 valence electrons. The second kappa shape index (κ2) is 6.94. The first-order valence-electron chi connectivity index (χ1n) is 8.79. The fourth-order valence-electron chi connectivity index (χ4n) is 3.52. The second-order valence-corrected chi connectivity index (χ2v) is 6.88. The van der Waals surface area contributed by atoms with Gasteiger partial charge in [-0.3, -0.25) is 9.80 Å². The van der Waals surface area contributed by atoms with E-state index in [1.807, 2.05) is 6.07 Å². The van der Waals surface area contributed by atoms with Crippen LogP contribution in [0.15, 0.2) is 36.4 Å². The van der Waals surface area contributed by atoms with Gasteiger partial charge in [0, 0.05) is 50.9 Å². The lowest BCUT2D eigenvalue weighted by Crippen LogP contribution is -2.45. The van der Waals surface area contributed by atoms with Crippen molar-refractivity contribution < 1.29 is 14.6 Å². The Morgan fingerprint density at radius 1 is 0.920 bits per heavy atom. The molecule has 1 saturated heterocycles. The zero-order valence-electron chi connectivity index (χ0n) is 14.6. The van der Waals surface area contributed by atoms with Crippen LogP contribution in [0.1, 0.15) is 16.7 Å². The zero-order valence-corrected chi connectivity index (χ0v) is 14.6. The van der Waals surface area contributed by atoms with Gasteiger partial charge in [-0.1, -0.05) is 29.8 Å². The molecular formula is C20H24N2O3. The topological polar surface area (TPSA) is 45.2 Å². The molecule has 2 heterocycles. The molecule has 2 aliphatic heterocycles. The fourth-order valence-corrected chi connectivity index (χ4v) is 3.52. The summed E-state index contributed by atoms with van der Waals surface area (Å²) in [4.78, 5) is 4.87. The SMILES string of the molecule is Cc1cccc(CN2CCN(Cc3cc4c(cc3O)OCO4)CC2)c1. The van der Waals surface area contributed by atoms with E-state index in [0.29, 0.717) is 5.75 Å². The predicted molar refractivity (Wildman–Crippen MR) is 96.0 cm³/mol. The minimum atomic E-state index is 0.232. The summed E-state index contributed by atoms with van der Waals surface area (Å²) in [5, 5.41) is 10.2. The largest absolute Gasteiger partial charge is 0.507 e. The fraction of sp³-hybridized carbons (Fsp3) is 0.400. The highest BCUT2D eigenvalue weighted by atomic mass is 16.7. The van der Waals surface area contributed by atoms with Gasteiger partial charge in [0.25, 0.3) is 0 Å². The van der Waals surface area contributed by atoms with Gasteiger partial charge in [0.2, 0.25) is 6.79 Å². The molecule has 0 aromatic heterocycles. The van der Waals surface area contributed by atoms with Crippen molar-refractivity contribution in [2.45, 2.75) is 20.0 Å². The third-order valence-electron chi connectivity index (χ3n) is 4.92. The van der Waals surface area contributed by atoms with Gasteiger partial charge in [0.1, 0.15) is 5.75 Å². The third-order valence-corrected chi connectivity index (χ3v) is 4.92. The lowest BCUT2D eigenvalue weighted by atomic mass is 10.1. The molecule has 2 aromatic rings. The quantitative estimate of drug-likeness (QED) is 0.927. The number of rotatable bonds is 4. The number of aromatic hydroxyl groups is 1. The van der Waals surface area contributed by atoms with Gasteiger partial charge in [-0.15, -0.1) is 0 Å². The van der Waals surface area contributed by atoms with Crippen LogP contribution in [0.4, 0.5) is 0 Å². The Kier molecular flexibility index (Phi) is 4.51. The predicted octanol–water partition coefficient (Wildman–Crippen LogP) is 2.75. The van der Waals surface area contributed by atoms with Gasteiger partial charge < -0.3 is 14.6 Å². The van der Waals surface area contributed by atoms with Crippen LogP contribution in [-0.4, -0.2) is 47.9 Å². The van der Waals surface area contributed by atoms with Crippen molar-refractivity contribution >= 4 is 0 Å². The van der Waals surface area contributed by atoms with Gasteiger partial charge in [0.15, 0.2) is 11.5 Å². The first-order chi connectivity index (χ1) is 12.2. The van der Waals surface area contributed by atoms with Crippen molar-refractivity contribution in [3.8, 4) is 17.2 Å². The summed E-state index contributed by atoms with van der Waals surface area (Å²) in [6.07, 6.45) is 0. The molecule has 4 rings (SSSR count). The summed E-state index contributed by atoms with van der Waals surface area (Å²) < 4.78 is 10.7. The zero-order chi connectivity index (χ0) is 17.2. The number of aryl methyl sites for hydroxylation is 1. The minimum absolute atomic E-state index is 0.232. The Labute approximate surface area is 148 Å². The third kappa shape index (κ3) is 3.72. The molecule has 5 nitrogen and oxygen atoms in total. The summed E-state index contributed by atoms with van der Waals surface area (Å²) in [5.41, 5.74) is 3.59. The van der Waals surface area contributed by atoms with Gasteiger partial charge >= 0.3 is 0 Å². The average Bonchev–Trinajstić information content (AvgIpc) is 3.04. The van der Waals surface area contributed by atoms with Crippen molar-refractivity contribution in [3.05, 3.63) is 53.1 Å². The highest BCUT2D eigenvalue weighted by Crippen LogP contribution is 2.38. The Morgan fingerprint density at radius 2 is 1.60 bits per heavy atom. The van der Waals surface area contributed by atoms with Gasteiger partial charge in [-0.05, 0) is 18.6 Å². The van der Waals surface area contributed by atoms with E-state index in [1.54, 1.807) is 6.07 Å². The molecule has 25 heavy (non-hydrogen) atoms. The van der Waals surface area contributed by atoms with E-state index in [1.165, 1.54) is 11.1 Å². The minimum Gasteiger partial charge on any atom is -0.507 e. The highest BCUT2D eigenvalue weighted by molar-refractivity contribution is 5.51. The van der Waals surface area contributed by atoms with Crippen molar-refractivity contribution in [3.63, 3.8) is 0 Å². The number of phenols is 1. The molecule has 0 aliphatic carbocycles. The van der Waals surface area contributed by atoms with E-state index >= 15 is 0 Å². The molecule has 0 amide bonds. The number of hydrogen-bond donors (Lipinski definition) is 1. The number of hydrogen-bond acceptors (Lipinski definition) is 5. The standard InChI is InChI=1S/C20H24N2O3/c1-15-3-2-4-16(9-15)12-21-5-7-22(8-6-21)13-17-10-19-20(11-18(17)23)25-14-24-19/h2-4,9-11,23H,5-8,12-14H2,1H3. The molecule has 2 aromatic carbocycles. The summed E-state index contributed by atoms with van der Waals surface area (Å²) in [6, 6.07) is 12.3. The van der Waals surface area contributed by atoms with Crippen LogP contribution < -0.4 is 9.47 Å². The normalized spacial score (nSPS) is 17.8. The van der Waals surface area contributed by atoms with E-state index in [-0.39, 0.29) is 12.5 Å². The highest BCUT2D eigenvalue weighted by Gasteiger charge is 2.21. The molecular weight excluding hydrogens is 316 g/mol. The molecule has 0 bridgehead atoms. The number of benzene rings is 2. The van der Waals surface area contributed by atoms with Gasteiger partial charge in [0.05, 0.1) is 0 Å². The molecule has 0 atom stereocenters. The van der Waals surface area contributed by atoms with Crippen LogP contribution >= 0.6 is 0 Å². The van der Waals surface area contributed by atoms with Crippen LogP contribution in [0.2, 0.25) is 0 Å². The molecule has 0 radical (unpaired) electrons. The molecule has 0 spiro atoms. The van der Waals surface area contributed by atoms with Gasteiger partial charge in [-0.25, -0.2) is 0 Å². The van der Waals surface area contributed by atoms with Crippen molar-refractivity contribution in [1.82, 2.24) is 9.80 Å². The van der Waals surface area contributed by atoms with E-state index in [4.69, 9.17) is 9.47 Å². The lowest BCUT2D eigenvalue weighted by molar-refractivity contribution is 0.121. The monoisotopic (exact) mass is 340 g/mol. The summed E-state index contributed by atoms with van der Waals surface area (Å²) in [7, 11) is 0. The summed E-state index contributed by atoms with van der Waals surface area (Å²) in [5.74, 6) is 1.64. The van der Waals surface area contributed by atoms with Crippen LogP contribution in [0, 0.1) is 6.92 Å². The van der Waals surface area contributed by atoms with Crippen LogP contribution in [-0.2, 0) is 13.1 Å². The average molecular weight is 340 g/mol. The molecule has 1 fully saturated rings. The van der Waals surface area contributed by atoms with E-state index in [9.17, 15) is 5.11 Å². The van der Waals surface area contributed by atoms with Crippen molar-refractivity contribution in [2.24, 2.45) is 0 Å². The van der Waals surface area contributed by atoms with E-state index < -0.39 is 0 Å². The van der Waals surface area contributed by atoms with Crippen molar-refractivity contribution in [1.29, 1.82) is 0 Å². The molecule has 0 saturated carbocycles. The number of fused-ring (bicyclic) bond motifs is 1. The molecule has 5 heteroatoms. The Balaban J connectivity index is 1.33. The summed E-state index contributed by atoms with van der Waals surface area (Å²) in [6.45, 7) is 8.19. The maximum Gasteiger partial charge on any atom is 0.231 e. The van der Waals surface area contributed by atoms with E-state index in [2.05, 4.69) is 41.0 Å². The number of phenolic OH excluding ortho intramolecular Hbond substituents is 1. The number of nitrogens with zero attached hydrogens (tertiary/aromatic N) is 2. The van der Waals surface area contributed by atoms with Crippen LogP contribution in [0.3, 0.4) is 0 Å². The first-order valence-corrected chi connectivity index (χ1v) is 8.79.